The van der Waals surface area contributed by atoms with Gasteiger partial charge in [0, 0.05) is 14.9 Å². The van der Waals surface area contributed by atoms with Crippen molar-refractivity contribution in [2.45, 2.75) is 4.90 Å². The normalized spacial score (nSPS) is 13.9. The lowest BCUT2D eigenvalue weighted by Crippen LogP contribution is -2.31. The number of thioether (sulfide) groups is 1. The topological polar surface area (TPSA) is 46.6 Å². The highest BCUT2D eigenvalue weighted by atomic mass is 35.5. The second-order valence-corrected chi connectivity index (χ2v) is 8.37. The Kier molecular flexibility index (Phi) is 5.86. The number of hydrogen-bond acceptors (Lipinski definition) is 4. The first kappa shape index (κ1) is 20.5. The van der Waals surface area contributed by atoms with Crippen LogP contribution in [0.2, 0.25) is 10.0 Å². The molecule has 0 atom stereocenters. The highest BCUT2D eigenvalue weighted by molar-refractivity contribution is 8.04. The molecular weight excluding hydrogens is 441 g/mol. The van der Waals surface area contributed by atoms with Crippen LogP contribution in [-0.2, 0) is 9.59 Å². The molecule has 1 aliphatic heterocycles. The molecule has 0 saturated heterocycles. The maximum Gasteiger partial charge on any atom is 0.272 e. The molecule has 0 aromatic heterocycles. The number of imide groups is 1. The molecule has 1 heterocycles. The molecule has 0 unspecified atom stereocenters. The molecule has 3 aromatic carbocycles. The van der Waals surface area contributed by atoms with E-state index in [-0.39, 0.29) is 0 Å². The number of ether oxygens (including phenoxy) is 1. The van der Waals surface area contributed by atoms with Gasteiger partial charge in [-0.15, -0.1) is 0 Å². The summed E-state index contributed by atoms with van der Waals surface area (Å²) in [5.41, 5.74) is 1.40. The van der Waals surface area contributed by atoms with E-state index in [2.05, 4.69) is 0 Å². The van der Waals surface area contributed by atoms with Gasteiger partial charge in [-0.2, -0.15) is 0 Å². The van der Waals surface area contributed by atoms with Crippen LogP contribution in [0.5, 0.6) is 5.75 Å². The smallest absolute Gasteiger partial charge is 0.272 e. The lowest BCUT2D eigenvalue weighted by atomic mass is 10.1. The second-order valence-electron chi connectivity index (χ2n) is 6.41. The lowest BCUT2D eigenvalue weighted by molar-refractivity contribution is -0.119. The van der Waals surface area contributed by atoms with Crippen LogP contribution in [0.15, 0.2) is 82.6 Å². The van der Waals surface area contributed by atoms with Gasteiger partial charge in [0.25, 0.3) is 11.8 Å². The molecule has 0 radical (unpaired) electrons. The Hall–Kier alpha value is -2.73. The molecule has 7 heteroatoms. The van der Waals surface area contributed by atoms with Gasteiger partial charge in [0.15, 0.2) is 0 Å². The minimum Gasteiger partial charge on any atom is -0.497 e. The Morgan fingerprint density at radius 1 is 0.833 bits per heavy atom. The first-order valence-corrected chi connectivity index (χ1v) is 10.5. The van der Waals surface area contributed by atoms with Gasteiger partial charge in [0.05, 0.1) is 23.3 Å². The van der Waals surface area contributed by atoms with Gasteiger partial charge in [-0.3, -0.25) is 9.59 Å². The predicted molar refractivity (Wildman–Crippen MR) is 121 cm³/mol. The minimum absolute atomic E-state index is 0.336. The van der Waals surface area contributed by atoms with Crippen LogP contribution in [0.4, 0.5) is 5.69 Å². The highest BCUT2D eigenvalue weighted by Crippen LogP contribution is 2.42. The number of hydrogen-bond donors (Lipinski definition) is 0. The van der Waals surface area contributed by atoms with E-state index in [0.717, 1.165) is 9.80 Å². The van der Waals surface area contributed by atoms with Crippen LogP contribution < -0.4 is 9.64 Å². The summed E-state index contributed by atoms with van der Waals surface area (Å²) in [5, 5.41) is 1.04. The zero-order chi connectivity index (χ0) is 21.3. The van der Waals surface area contributed by atoms with Gasteiger partial charge >= 0.3 is 0 Å². The fraction of sp³-hybridized carbons (Fsp3) is 0.0435. The molecule has 0 spiro atoms. The molecule has 0 aliphatic carbocycles. The summed E-state index contributed by atoms with van der Waals surface area (Å²) in [6.07, 6.45) is 0. The average molecular weight is 456 g/mol. The van der Waals surface area contributed by atoms with Crippen LogP contribution in [0.1, 0.15) is 5.56 Å². The molecule has 0 N–H and O–H groups in total. The molecule has 4 rings (SSSR count). The first-order chi connectivity index (χ1) is 14.5. The molecule has 30 heavy (non-hydrogen) atoms. The standard InChI is InChI=1S/C23H15Cl2NO3S/c1-29-18-9-5-14(6-10-18)20-21(30-19-11-7-15(24)8-12-19)23(28)26(22(20)27)17-4-2-3-16(25)13-17/h2-13H,1H3. The molecule has 1 aliphatic rings. The van der Waals surface area contributed by atoms with E-state index in [0.29, 0.717) is 37.5 Å². The van der Waals surface area contributed by atoms with Gasteiger partial charge in [-0.1, -0.05) is 53.2 Å². The predicted octanol–water partition coefficient (Wildman–Crippen LogP) is 6.08. The number of carbonyl (C=O) groups excluding carboxylic acids is 2. The van der Waals surface area contributed by atoms with Crippen LogP contribution >= 0.6 is 35.0 Å². The summed E-state index contributed by atoms with van der Waals surface area (Å²) in [4.78, 5) is 29.0. The molecule has 3 aromatic rings. The van der Waals surface area contributed by atoms with Crippen LogP contribution in [-0.4, -0.2) is 18.9 Å². The third kappa shape index (κ3) is 3.97. The summed E-state index contributed by atoms with van der Waals surface area (Å²) < 4.78 is 5.21. The maximum absolute atomic E-state index is 13.4. The van der Waals surface area contributed by atoms with Crippen molar-refractivity contribution >= 4 is 58.0 Å². The van der Waals surface area contributed by atoms with Gasteiger partial charge in [0.2, 0.25) is 0 Å². The minimum atomic E-state index is -0.399. The van der Waals surface area contributed by atoms with Gasteiger partial charge in [-0.05, 0) is 60.2 Å². The number of amides is 2. The highest BCUT2D eigenvalue weighted by Gasteiger charge is 2.40. The zero-order valence-electron chi connectivity index (χ0n) is 15.8. The van der Waals surface area contributed by atoms with E-state index >= 15 is 0 Å². The molecule has 0 bridgehead atoms. The molecule has 0 saturated carbocycles. The van der Waals surface area contributed by atoms with Crippen molar-refractivity contribution in [2.75, 3.05) is 12.0 Å². The Bertz CT molecular complexity index is 1160. The number of benzene rings is 3. The van der Waals surface area contributed by atoms with E-state index in [1.54, 1.807) is 67.8 Å². The van der Waals surface area contributed by atoms with Crippen LogP contribution in [0.25, 0.3) is 5.57 Å². The summed E-state index contributed by atoms with van der Waals surface area (Å²) in [5.74, 6) is -0.133. The van der Waals surface area contributed by atoms with Crippen LogP contribution in [0.3, 0.4) is 0 Å². The third-order valence-electron chi connectivity index (χ3n) is 4.52. The molecule has 4 nitrogen and oxygen atoms in total. The maximum atomic E-state index is 13.4. The molecule has 150 valence electrons. The third-order valence-corrected chi connectivity index (χ3v) is 6.10. The SMILES string of the molecule is COc1ccc(C2=C(Sc3ccc(Cl)cc3)C(=O)N(c3cccc(Cl)c3)C2=O)cc1. The van der Waals surface area contributed by atoms with E-state index in [4.69, 9.17) is 27.9 Å². The Balaban J connectivity index is 1.81. The van der Waals surface area contributed by atoms with Gasteiger partial charge < -0.3 is 4.74 Å². The molecule has 2 amide bonds. The summed E-state index contributed by atoms with van der Waals surface area (Å²) in [6, 6.07) is 20.8. The van der Waals surface area contributed by atoms with E-state index in [1.165, 1.54) is 11.8 Å². The van der Waals surface area contributed by atoms with E-state index in [9.17, 15) is 9.59 Å². The number of nitrogens with zero attached hydrogens (tertiary/aromatic N) is 1. The van der Waals surface area contributed by atoms with Crippen molar-refractivity contribution in [1.82, 2.24) is 0 Å². The van der Waals surface area contributed by atoms with Crippen molar-refractivity contribution in [3.05, 3.63) is 93.3 Å². The zero-order valence-corrected chi connectivity index (χ0v) is 18.1. The fourth-order valence-electron chi connectivity index (χ4n) is 3.09. The lowest BCUT2D eigenvalue weighted by Gasteiger charge is -2.15. The fourth-order valence-corrected chi connectivity index (χ4v) is 4.39. The van der Waals surface area contributed by atoms with Gasteiger partial charge in [-0.25, -0.2) is 4.90 Å². The molecule has 0 fully saturated rings. The summed E-state index contributed by atoms with van der Waals surface area (Å²) in [6.45, 7) is 0. The number of rotatable bonds is 5. The number of anilines is 1. The monoisotopic (exact) mass is 455 g/mol. The van der Waals surface area contributed by atoms with E-state index < -0.39 is 11.8 Å². The van der Waals surface area contributed by atoms with Crippen LogP contribution in [0, 0.1) is 0 Å². The van der Waals surface area contributed by atoms with Crippen molar-refractivity contribution in [3.8, 4) is 5.75 Å². The van der Waals surface area contributed by atoms with Crippen molar-refractivity contribution in [2.24, 2.45) is 0 Å². The quantitative estimate of drug-likeness (QED) is 0.437. The first-order valence-electron chi connectivity index (χ1n) is 8.94. The van der Waals surface area contributed by atoms with Crippen molar-refractivity contribution in [1.29, 1.82) is 0 Å². The number of methoxy groups -OCH3 is 1. The Labute approximate surface area is 188 Å². The second kappa shape index (κ2) is 8.56. The van der Waals surface area contributed by atoms with Crippen molar-refractivity contribution < 1.29 is 14.3 Å². The Morgan fingerprint density at radius 3 is 2.17 bits per heavy atom. The number of carbonyl (C=O) groups is 2. The van der Waals surface area contributed by atoms with E-state index in [1.807, 2.05) is 12.1 Å². The van der Waals surface area contributed by atoms with Crippen molar-refractivity contribution in [3.63, 3.8) is 0 Å². The molecular formula is C23H15Cl2NO3S. The largest absolute Gasteiger partial charge is 0.497 e. The average Bonchev–Trinajstić information content (AvgIpc) is 2.99. The summed E-state index contributed by atoms with van der Waals surface area (Å²) in [7, 11) is 1.57. The van der Waals surface area contributed by atoms with Gasteiger partial charge in [0.1, 0.15) is 5.75 Å². The Morgan fingerprint density at radius 2 is 1.53 bits per heavy atom. The number of halogens is 2. The summed E-state index contributed by atoms with van der Waals surface area (Å²) >= 11 is 13.3.